The van der Waals surface area contributed by atoms with Gasteiger partial charge in [-0.15, -0.1) is 11.3 Å². The third kappa shape index (κ3) is 2.75. The van der Waals surface area contributed by atoms with Gasteiger partial charge in [0.1, 0.15) is 4.75 Å². The van der Waals surface area contributed by atoms with Crippen LogP contribution in [-0.2, 0) is 11.4 Å². The van der Waals surface area contributed by atoms with Gasteiger partial charge >= 0.3 is 0 Å². The Balaban J connectivity index is 2.52. The topological polar surface area (TPSA) is 35.1 Å². The molecule has 0 bridgehead atoms. The van der Waals surface area contributed by atoms with Gasteiger partial charge in [-0.1, -0.05) is 6.08 Å². The van der Waals surface area contributed by atoms with Crippen molar-refractivity contribution in [2.75, 3.05) is 0 Å². The summed E-state index contributed by atoms with van der Waals surface area (Å²) in [5, 5.41) is 0. The highest BCUT2D eigenvalue weighted by Gasteiger charge is 2.42. The van der Waals surface area contributed by atoms with Crippen LogP contribution < -0.4 is 4.72 Å². The van der Waals surface area contributed by atoms with Crippen molar-refractivity contribution in [2.24, 2.45) is 0 Å². The van der Waals surface area contributed by atoms with Crippen LogP contribution in [0.3, 0.4) is 0 Å². The van der Waals surface area contributed by atoms with Crippen LogP contribution in [0.4, 0.5) is 0 Å². The van der Waals surface area contributed by atoms with E-state index in [-0.39, 0.29) is 10.3 Å². The molecule has 0 radical (unpaired) electrons. The minimum absolute atomic E-state index is 0.0832. The highest BCUT2D eigenvalue weighted by Crippen LogP contribution is 2.36. The molecule has 0 aromatic heterocycles. The molecular formula is C11H21NOS. The van der Waals surface area contributed by atoms with E-state index in [0.717, 1.165) is 19.3 Å². The van der Waals surface area contributed by atoms with E-state index in [1.807, 2.05) is 26.8 Å². The lowest BCUT2D eigenvalue weighted by atomic mass is 9.75. The summed E-state index contributed by atoms with van der Waals surface area (Å²) in [6.45, 7) is 9.75. The molecule has 1 unspecified atom stereocenters. The first kappa shape index (κ1) is 12.1. The highest BCUT2D eigenvalue weighted by atomic mass is 32.2. The lowest BCUT2D eigenvalue weighted by molar-refractivity contribution is 0.223. The van der Waals surface area contributed by atoms with Crippen molar-refractivity contribution in [3.8, 4) is 0 Å². The third-order valence-electron chi connectivity index (χ3n) is 2.71. The second-order valence-electron chi connectivity index (χ2n) is 5.11. The Morgan fingerprint density at radius 3 is 2.36 bits per heavy atom. The zero-order chi connectivity index (χ0) is 10.8. The molecule has 1 N–H and O–H groups in total. The van der Waals surface area contributed by atoms with Gasteiger partial charge in [-0.05, 0) is 46.5 Å². The van der Waals surface area contributed by atoms with Gasteiger partial charge in [0.25, 0.3) is 0 Å². The molecule has 14 heavy (non-hydrogen) atoms. The van der Waals surface area contributed by atoms with E-state index in [0.29, 0.717) is 0 Å². The second-order valence-corrected chi connectivity index (χ2v) is 7.08. The standard InChI is InChI=1S/C11H21NOS/c1-5-7-11(8-6-9-11)12-14(13)10(2,3)4/h5,12H,1,6-9H2,2-4H3. The van der Waals surface area contributed by atoms with E-state index < -0.39 is 11.4 Å². The number of hydrogen-bond donors (Lipinski definition) is 1. The van der Waals surface area contributed by atoms with E-state index >= 15 is 0 Å². The van der Waals surface area contributed by atoms with Crippen molar-refractivity contribution in [2.45, 2.75) is 56.7 Å². The van der Waals surface area contributed by atoms with Crippen LogP contribution in [0.25, 0.3) is 0 Å². The maximum atomic E-state index is 11.9. The predicted octanol–water partition coefficient (Wildman–Crippen LogP) is 2.54. The molecule has 3 heteroatoms. The average Bonchev–Trinajstić information content (AvgIpc) is 1.98. The summed E-state index contributed by atoms with van der Waals surface area (Å²) in [5.74, 6) is 0. The van der Waals surface area contributed by atoms with Gasteiger partial charge in [0.15, 0.2) is 0 Å². The Bertz CT molecular complexity index is 206. The summed E-state index contributed by atoms with van der Waals surface area (Å²) in [7, 11) is 0. The fourth-order valence-electron chi connectivity index (χ4n) is 1.58. The summed E-state index contributed by atoms with van der Waals surface area (Å²) < 4.78 is 15.0. The normalized spacial score (nSPS) is 22.6. The Morgan fingerprint density at radius 2 is 2.07 bits per heavy atom. The first-order valence-corrected chi connectivity index (χ1v) is 6.35. The van der Waals surface area contributed by atoms with Crippen molar-refractivity contribution in [1.29, 1.82) is 0 Å². The predicted molar refractivity (Wildman–Crippen MR) is 62.4 cm³/mol. The van der Waals surface area contributed by atoms with Crippen LogP contribution in [0, 0.1) is 0 Å². The van der Waals surface area contributed by atoms with Gasteiger partial charge in [-0.2, -0.15) is 0 Å². The van der Waals surface area contributed by atoms with Crippen LogP contribution in [0.2, 0.25) is 0 Å². The van der Waals surface area contributed by atoms with Crippen LogP contribution in [0.1, 0.15) is 46.5 Å². The molecule has 0 aromatic rings. The SMILES string of the molecule is C=CCC1(N[S+]([O-])C(C)(C)C)CCC1. The maximum absolute atomic E-state index is 11.9. The van der Waals surface area contributed by atoms with Gasteiger partial charge in [0.05, 0.1) is 5.54 Å². The zero-order valence-corrected chi connectivity index (χ0v) is 10.2. The van der Waals surface area contributed by atoms with Gasteiger partial charge in [0.2, 0.25) is 0 Å². The zero-order valence-electron chi connectivity index (χ0n) is 9.43. The maximum Gasteiger partial charge on any atom is 0.136 e. The minimum Gasteiger partial charge on any atom is -0.598 e. The molecule has 1 fully saturated rings. The lowest BCUT2D eigenvalue weighted by Crippen LogP contribution is -2.56. The molecule has 0 spiro atoms. The van der Waals surface area contributed by atoms with E-state index in [1.54, 1.807) is 0 Å². The first-order valence-electron chi connectivity index (χ1n) is 5.20. The third-order valence-corrected chi connectivity index (χ3v) is 4.44. The number of hydrogen-bond acceptors (Lipinski definition) is 2. The van der Waals surface area contributed by atoms with Gasteiger partial charge < -0.3 is 4.55 Å². The van der Waals surface area contributed by atoms with Crippen LogP contribution in [0.15, 0.2) is 12.7 Å². The molecular weight excluding hydrogens is 194 g/mol. The molecule has 0 aromatic carbocycles. The molecule has 1 aliphatic rings. The molecule has 82 valence electrons. The second kappa shape index (κ2) is 4.25. The van der Waals surface area contributed by atoms with E-state index in [4.69, 9.17) is 0 Å². The molecule has 0 amide bonds. The molecule has 1 rings (SSSR count). The summed E-state index contributed by atoms with van der Waals surface area (Å²) in [5.41, 5.74) is 0.0832. The largest absolute Gasteiger partial charge is 0.598 e. The van der Waals surface area contributed by atoms with E-state index in [1.165, 1.54) is 6.42 Å². The Hall–Kier alpha value is 0.01000. The summed E-state index contributed by atoms with van der Waals surface area (Å²) in [4.78, 5) is 0. The van der Waals surface area contributed by atoms with E-state index in [9.17, 15) is 4.55 Å². The molecule has 0 aliphatic heterocycles. The van der Waals surface area contributed by atoms with E-state index in [2.05, 4.69) is 11.3 Å². The minimum atomic E-state index is -0.955. The first-order chi connectivity index (χ1) is 6.40. The van der Waals surface area contributed by atoms with Gasteiger partial charge in [-0.3, -0.25) is 0 Å². The summed E-state index contributed by atoms with van der Waals surface area (Å²) in [6, 6.07) is 0. The molecule has 1 atom stereocenters. The number of rotatable bonds is 4. The molecule has 0 heterocycles. The Morgan fingerprint density at radius 1 is 1.50 bits per heavy atom. The van der Waals surface area contributed by atoms with Crippen molar-refractivity contribution in [3.63, 3.8) is 0 Å². The quantitative estimate of drug-likeness (QED) is 0.578. The smallest absolute Gasteiger partial charge is 0.136 e. The summed E-state index contributed by atoms with van der Waals surface area (Å²) >= 11 is -0.955. The molecule has 2 nitrogen and oxygen atoms in total. The van der Waals surface area contributed by atoms with Crippen molar-refractivity contribution >= 4 is 11.4 Å². The fourth-order valence-corrected chi connectivity index (χ4v) is 2.56. The molecule has 0 saturated heterocycles. The van der Waals surface area contributed by atoms with Crippen molar-refractivity contribution in [1.82, 2.24) is 4.72 Å². The molecule has 1 saturated carbocycles. The Kier molecular flexibility index (Phi) is 3.67. The van der Waals surface area contributed by atoms with Crippen molar-refractivity contribution in [3.05, 3.63) is 12.7 Å². The monoisotopic (exact) mass is 215 g/mol. The summed E-state index contributed by atoms with van der Waals surface area (Å²) in [6.07, 6.45) is 6.34. The van der Waals surface area contributed by atoms with Crippen LogP contribution in [0.5, 0.6) is 0 Å². The fraction of sp³-hybridized carbons (Fsp3) is 0.818. The Labute approximate surface area is 90.5 Å². The number of nitrogens with one attached hydrogen (secondary N) is 1. The van der Waals surface area contributed by atoms with Gasteiger partial charge in [-0.25, -0.2) is 0 Å². The van der Waals surface area contributed by atoms with Gasteiger partial charge in [0, 0.05) is 11.4 Å². The van der Waals surface area contributed by atoms with Crippen molar-refractivity contribution < 1.29 is 4.55 Å². The molecule has 1 aliphatic carbocycles. The average molecular weight is 215 g/mol. The van der Waals surface area contributed by atoms with Crippen LogP contribution >= 0.6 is 0 Å². The lowest BCUT2D eigenvalue weighted by Gasteiger charge is -2.43. The van der Waals surface area contributed by atoms with Crippen LogP contribution in [-0.4, -0.2) is 14.8 Å². The highest BCUT2D eigenvalue weighted by molar-refractivity contribution is 7.90.